The molecule has 1 aliphatic heterocycles. The molecule has 5 nitrogen and oxygen atoms in total. The van der Waals surface area contributed by atoms with E-state index < -0.39 is 0 Å². The summed E-state index contributed by atoms with van der Waals surface area (Å²) in [4.78, 5) is 17.1. The van der Waals surface area contributed by atoms with E-state index in [9.17, 15) is 4.79 Å². The molecule has 1 aliphatic rings. The maximum absolute atomic E-state index is 12.4. The van der Waals surface area contributed by atoms with E-state index in [2.05, 4.69) is 39.6 Å². The van der Waals surface area contributed by atoms with Crippen molar-refractivity contribution < 1.29 is 4.79 Å². The number of urea groups is 1. The molecule has 0 saturated carbocycles. The Morgan fingerprint density at radius 2 is 1.79 bits per heavy atom. The molecule has 0 aliphatic carbocycles. The highest BCUT2D eigenvalue weighted by Gasteiger charge is 2.16. The number of halogens is 2. The molecule has 0 bridgehead atoms. The van der Waals surface area contributed by atoms with E-state index in [1.807, 2.05) is 26.0 Å². The van der Waals surface area contributed by atoms with Gasteiger partial charge in [-0.15, -0.1) is 0 Å². The van der Waals surface area contributed by atoms with E-state index in [0.29, 0.717) is 10.0 Å². The van der Waals surface area contributed by atoms with Gasteiger partial charge >= 0.3 is 6.03 Å². The normalized spacial score (nSPS) is 16.0. The molecule has 7 heteroatoms. The summed E-state index contributed by atoms with van der Waals surface area (Å²) < 4.78 is 0. The largest absolute Gasteiger partial charge is 0.369 e. The molecule has 1 fully saturated rings. The standard InChI is InChI=1S/C21H26Cl2N4O/c1-14-12-17(27-10-8-26(3)9-11-27)5-7-20(14)25-21(28)24-15(2)18-6-4-16(22)13-19(18)23/h4-7,12-13,15H,8-11H2,1-3H3,(H2,24,25,28)/t15-/m0/s1. The molecule has 0 unspecified atom stereocenters. The number of nitrogens with zero attached hydrogens (tertiary/aromatic N) is 2. The quantitative estimate of drug-likeness (QED) is 0.736. The fourth-order valence-corrected chi connectivity index (χ4v) is 3.91. The first-order valence-electron chi connectivity index (χ1n) is 9.40. The van der Waals surface area contributed by atoms with E-state index in [-0.39, 0.29) is 12.1 Å². The van der Waals surface area contributed by atoms with Gasteiger partial charge in [-0.1, -0.05) is 29.3 Å². The Morgan fingerprint density at radius 3 is 2.43 bits per heavy atom. The molecule has 1 atom stereocenters. The lowest BCUT2D eigenvalue weighted by Crippen LogP contribution is -2.44. The smallest absolute Gasteiger partial charge is 0.319 e. The summed E-state index contributed by atoms with van der Waals surface area (Å²) in [5, 5.41) is 6.96. The Hall–Kier alpha value is -1.95. The zero-order valence-electron chi connectivity index (χ0n) is 16.4. The SMILES string of the molecule is Cc1cc(N2CCN(C)CC2)ccc1NC(=O)N[C@@H](C)c1ccc(Cl)cc1Cl. The number of benzene rings is 2. The van der Waals surface area contributed by atoms with Gasteiger partial charge in [0.2, 0.25) is 0 Å². The van der Waals surface area contributed by atoms with Gasteiger partial charge in [-0.05, 0) is 62.4 Å². The second kappa shape index (κ2) is 9.03. The summed E-state index contributed by atoms with van der Waals surface area (Å²) in [5.74, 6) is 0. The molecular formula is C21H26Cl2N4O. The first-order valence-corrected chi connectivity index (χ1v) is 10.2. The van der Waals surface area contributed by atoms with Crippen molar-refractivity contribution in [2.45, 2.75) is 19.9 Å². The maximum Gasteiger partial charge on any atom is 0.319 e. The van der Waals surface area contributed by atoms with Crippen LogP contribution in [-0.4, -0.2) is 44.2 Å². The van der Waals surface area contributed by atoms with Crippen LogP contribution in [0.4, 0.5) is 16.2 Å². The van der Waals surface area contributed by atoms with Crippen molar-refractivity contribution in [3.05, 3.63) is 57.6 Å². The van der Waals surface area contributed by atoms with E-state index >= 15 is 0 Å². The van der Waals surface area contributed by atoms with Crippen LogP contribution in [0.25, 0.3) is 0 Å². The van der Waals surface area contributed by atoms with Gasteiger partial charge in [0.1, 0.15) is 0 Å². The van der Waals surface area contributed by atoms with E-state index in [1.165, 1.54) is 5.69 Å². The molecule has 28 heavy (non-hydrogen) atoms. The van der Waals surface area contributed by atoms with Crippen molar-refractivity contribution in [1.82, 2.24) is 10.2 Å². The predicted molar refractivity (Wildman–Crippen MR) is 118 cm³/mol. The molecule has 2 aromatic carbocycles. The van der Waals surface area contributed by atoms with Gasteiger partial charge in [-0.25, -0.2) is 4.79 Å². The van der Waals surface area contributed by atoms with Crippen molar-refractivity contribution in [2.24, 2.45) is 0 Å². The van der Waals surface area contributed by atoms with Gasteiger partial charge in [0.05, 0.1) is 6.04 Å². The third-order valence-corrected chi connectivity index (χ3v) is 5.67. The van der Waals surface area contributed by atoms with Crippen molar-refractivity contribution in [2.75, 3.05) is 43.4 Å². The van der Waals surface area contributed by atoms with Crippen LogP contribution in [0.2, 0.25) is 10.0 Å². The lowest BCUT2D eigenvalue weighted by atomic mass is 10.1. The average Bonchev–Trinajstić information content (AvgIpc) is 2.64. The fraction of sp³-hybridized carbons (Fsp3) is 0.381. The molecule has 0 spiro atoms. The van der Waals surface area contributed by atoms with Crippen LogP contribution in [0.3, 0.4) is 0 Å². The molecular weight excluding hydrogens is 395 g/mol. The summed E-state index contributed by atoms with van der Waals surface area (Å²) in [7, 11) is 2.15. The van der Waals surface area contributed by atoms with E-state index in [4.69, 9.17) is 23.2 Å². The van der Waals surface area contributed by atoms with Crippen LogP contribution >= 0.6 is 23.2 Å². The number of hydrogen-bond acceptors (Lipinski definition) is 3. The molecule has 1 saturated heterocycles. The second-order valence-corrected chi connectivity index (χ2v) is 8.12. The van der Waals surface area contributed by atoms with Crippen molar-refractivity contribution in [3.8, 4) is 0 Å². The summed E-state index contributed by atoms with van der Waals surface area (Å²) in [6.07, 6.45) is 0. The summed E-state index contributed by atoms with van der Waals surface area (Å²) in [6.45, 7) is 8.05. The highest BCUT2D eigenvalue weighted by atomic mass is 35.5. The molecule has 0 radical (unpaired) electrons. The van der Waals surface area contributed by atoms with Crippen LogP contribution in [0.1, 0.15) is 24.1 Å². The molecule has 0 aromatic heterocycles. The number of anilines is 2. The Balaban J connectivity index is 1.62. The first kappa shape index (κ1) is 20.8. The van der Waals surface area contributed by atoms with Gasteiger partial charge in [0.25, 0.3) is 0 Å². The van der Waals surface area contributed by atoms with Crippen LogP contribution in [-0.2, 0) is 0 Å². The summed E-state index contributed by atoms with van der Waals surface area (Å²) >= 11 is 12.2. The Morgan fingerprint density at radius 1 is 1.07 bits per heavy atom. The predicted octanol–water partition coefficient (Wildman–Crippen LogP) is 4.94. The number of aryl methyl sites for hydroxylation is 1. The summed E-state index contributed by atoms with van der Waals surface area (Å²) in [5.41, 5.74) is 3.84. The van der Waals surface area contributed by atoms with Crippen molar-refractivity contribution in [1.29, 1.82) is 0 Å². The zero-order chi connectivity index (χ0) is 20.3. The lowest BCUT2D eigenvalue weighted by Gasteiger charge is -2.34. The third kappa shape index (κ3) is 5.10. The van der Waals surface area contributed by atoms with Gasteiger partial charge in [0, 0.05) is 47.6 Å². The van der Waals surface area contributed by atoms with Gasteiger partial charge in [0.15, 0.2) is 0 Å². The first-order chi connectivity index (χ1) is 13.3. The van der Waals surface area contributed by atoms with Gasteiger partial charge < -0.3 is 20.4 Å². The number of amides is 2. The van der Waals surface area contributed by atoms with Crippen LogP contribution in [0, 0.1) is 6.92 Å². The number of rotatable bonds is 4. The molecule has 2 amide bonds. The average molecular weight is 421 g/mol. The zero-order valence-corrected chi connectivity index (χ0v) is 17.9. The van der Waals surface area contributed by atoms with Crippen LogP contribution in [0.15, 0.2) is 36.4 Å². The minimum absolute atomic E-state index is 0.241. The fourth-order valence-electron chi connectivity index (χ4n) is 3.33. The minimum Gasteiger partial charge on any atom is -0.369 e. The molecule has 3 rings (SSSR count). The Labute approximate surface area is 176 Å². The molecule has 150 valence electrons. The lowest BCUT2D eigenvalue weighted by molar-refractivity contribution is 0.249. The Bertz CT molecular complexity index is 850. The monoisotopic (exact) mass is 420 g/mol. The molecule has 1 heterocycles. The minimum atomic E-state index is -0.269. The topological polar surface area (TPSA) is 47.6 Å². The highest BCUT2D eigenvalue weighted by molar-refractivity contribution is 6.35. The van der Waals surface area contributed by atoms with E-state index in [0.717, 1.165) is 43.0 Å². The van der Waals surface area contributed by atoms with Crippen molar-refractivity contribution in [3.63, 3.8) is 0 Å². The molecule has 2 aromatic rings. The number of likely N-dealkylation sites (N-methyl/N-ethyl adjacent to an activating group) is 1. The van der Waals surface area contributed by atoms with Crippen LogP contribution < -0.4 is 15.5 Å². The number of nitrogens with one attached hydrogen (secondary N) is 2. The maximum atomic E-state index is 12.4. The van der Waals surface area contributed by atoms with Crippen LogP contribution in [0.5, 0.6) is 0 Å². The number of piperazine rings is 1. The number of carbonyl (C=O) groups excluding carboxylic acids is 1. The van der Waals surface area contributed by atoms with E-state index in [1.54, 1.807) is 12.1 Å². The summed E-state index contributed by atoms with van der Waals surface area (Å²) in [6, 6.07) is 10.9. The third-order valence-electron chi connectivity index (χ3n) is 5.10. The highest BCUT2D eigenvalue weighted by Crippen LogP contribution is 2.27. The molecule has 2 N–H and O–H groups in total. The Kier molecular flexibility index (Phi) is 6.70. The van der Waals surface area contributed by atoms with Crippen molar-refractivity contribution >= 4 is 40.6 Å². The second-order valence-electron chi connectivity index (χ2n) is 7.28. The van der Waals surface area contributed by atoms with Gasteiger partial charge in [-0.2, -0.15) is 0 Å². The number of carbonyl (C=O) groups is 1. The number of hydrogen-bond donors (Lipinski definition) is 2. The van der Waals surface area contributed by atoms with Gasteiger partial charge in [-0.3, -0.25) is 0 Å².